The normalized spacial score (nSPS) is 20.7. The highest BCUT2D eigenvalue weighted by molar-refractivity contribution is 6.06. The van der Waals surface area contributed by atoms with Crippen molar-refractivity contribution in [3.05, 3.63) is 47.9 Å². The van der Waals surface area contributed by atoms with E-state index in [2.05, 4.69) is 37.5 Å². The lowest BCUT2D eigenvalue weighted by Gasteiger charge is -2.60. The van der Waals surface area contributed by atoms with Crippen molar-refractivity contribution < 1.29 is 31.8 Å². The van der Waals surface area contributed by atoms with Crippen molar-refractivity contribution in [3.8, 4) is 16.9 Å². The van der Waals surface area contributed by atoms with E-state index in [1.54, 1.807) is 13.3 Å². The van der Waals surface area contributed by atoms with E-state index >= 15 is 0 Å². The fourth-order valence-corrected chi connectivity index (χ4v) is 9.31. The van der Waals surface area contributed by atoms with E-state index in [0.29, 0.717) is 61.0 Å². The molecule has 5 fully saturated rings. The van der Waals surface area contributed by atoms with Crippen LogP contribution in [0.3, 0.4) is 0 Å². The Bertz CT molecular complexity index is 2140. The molecule has 4 aliphatic heterocycles. The molecule has 2 aromatic carbocycles. The molecule has 0 bridgehead atoms. The molecule has 15 heteroatoms. The number of hydrogen-bond donors (Lipinski definition) is 1. The molecule has 4 aromatic rings. The van der Waals surface area contributed by atoms with Crippen molar-refractivity contribution in [2.24, 2.45) is 10.8 Å². The molecule has 1 saturated carbocycles. The molecule has 1 N–H and O–H groups in total. The molecule has 6 heterocycles. The van der Waals surface area contributed by atoms with Gasteiger partial charge in [-0.3, -0.25) is 14.8 Å². The van der Waals surface area contributed by atoms with Gasteiger partial charge in [-0.15, -0.1) is 0 Å². The number of H-pyrrole nitrogens is 1. The second kappa shape index (κ2) is 12.8. The minimum atomic E-state index is -4.58. The van der Waals surface area contributed by atoms with Crippen molar-refractivity contribution in [2.75, 3.05) is 89.0 Å². The van der Waals surface area contributed by atoms with E-state index in [-0.39, 0.29) is 22.5 Å². The van der Waals surface area contributed by atoms with Crippen LogP contribution in [0.2, 0.25) is 0 Å². The molecule has 0 unspecified atom stereocenters. The Morgan fingerprint density at radius 3 is 2.41 bits per heavy atom. The average Bonchev–Trinajstić information content (AvgIpc) is 3.83. The summed E-state index contributed by atoms with van der Waals surface area (Å²) in [5.74, 6) is -0.199. The van der Waals surface area contributed by atoms with Gasteiger partial charge in [0.2, 0.25) is 5.95 Å². The largest absolute Gasteiger partial charge is 0.481 e. The number of benzene rings is 2. The summed E-state index contributed by atoms with van der Waals surface area (Å²) in [6.45, 7) is 10.8. The summed E-state index contributed by atoms with van der Waals surface area (Å²) in [5, 5.41) is 8.78. The van der Waals surface area contributed by atoms with Gasteiger partial charge in [0.05, 0.1) is 18.3 Å². The number of amides is 1. The zero-order valence-corrected chi connectivity index (χ0v) is 30.6. The van der Waals surface area contributed by atoms with Gasteiger partial charge < -0.3 is 24.2 Å². The van der Waals surface area contributed by atoms with Gasteiger partial charge >= 0.3 is 6.18 Å². The number of carbonyl (C=O) groups excluding carboxylic acids is 1. The van der Waals surface area contributed by atoms with Crippen LogP contribution in [-0.4, -0.2) is 121 Å². The first kappa shape index (κ1) is 35.2. The summed E-state index contributed by atoms with van der Waals surface area (Å²) in [4.78, 5) is 30.7. The summed E-state index contributed by atoms with van der Waals surface area (Å²) in [5.41, 5.74) is 4.38. The third-order valence-corrected chi connectivity index (χ3v) is 12.2. The smallest absolute Gasteiger partial charge is 0.422 e. The number of alkyl halides is 3. The maximum Gasteiger partial charge on any atom is 0.422 e. The predicted octanol–water partition coefficient (Wildman–Crippen LogP) is 5.98. The summed E-state index contributed by atoms with van der Waals surface area (Å²) < 4.78 is 67.1. The van der Waals surface area contributed by atoms with Crippen molar-refractivity contribution in [1.29, 1.82) is 0 Å². The van der Waals surface area contributed by atoms with Crippen molar-refractivity contribution in [2.45, 2.75) is 44.7 Å². The van der Waals surface area contributed by atoms with Crippen LogP contribution in [0.4, 0.5) is 29.3 Å². The number of likely N-dealkylation sites (tertiary alicyclic amines) is 2. The van der Waals surface area contributed by atoms with Gasteiger partial charge in [0.1, 0.15) is 11.3 Å². The van der Waals surface area contributed by atoms with E-state index in [0.717, 1.165) is 86.0 Å². The number of nitrogens with zero attached hydrogens (tertiary/aromatic N) is 7. The summed E-state index contributed by atoms with van der Waals surface area (Å²) >= 11 is 0. The summed E-state index contributed by atoms with van der Waals surface area (Å²) in [7, 11) is 1.70. The standard InChI is InChI=1S/C39H44F4N8O3/c1-23-4-7-29-28(15-44-47-29)30(23)31-26(25-5-6-25)14-27-32(33(31)54-22-39(41,42)43)45-36(51-20-38(21-51)16-48(17-38)12-13-53-3)46-34(27)49-10-8-37(9-11-49)18-50(19-37)35(52)24(2)40/h4,7,14-15,25H,2,5-6,8-13,16-22H2,1,3H3,(H,44,47). The summed E-state index contributed by atoms with van der Waals surface area (Å²) in [6, 6.07) is 5.98. The molecule has 286 valence electrons. The zero-order chi connectivity index (χ0) is 37.6. The number of anilines is 2. The number of carbonyl (C=O) groups is 1. The highest BCUT2D eigenvalue weighted by Gasteiger charge is 2.53. The van der Waals surface area contributed by atoms with E-state index in [1.165, 1.54) is 4.90 Å². The lowest BCUT2D eigenvalue weighted by molar-refractivity contribution is -0.153. The van der Waals surface area contributed by atoms with Gasteiger partial charge in [0.15, 0.2) is 18.2 Å². The zero-order valence-electron chi connectivity index (χ0n) is 30.6. The first-order valence-electron chi connectivity index (χ1n) is 18.7. The Morgan fingerprint density at radius 1 is 1.00 bits per heavy atom. The number of aromatic amines is 1. The Hall–Kier alpha value is -4.50. The fraction of sp³-hybridized carbons (Fsp3) is 0.538. The molecule has 4 saturated heterocycles. The molecule has 0 atom stereocenters. The Kier molecular flexibility index (Phi) is 8.34. The lowest BCUT2D eigenvalue weighted by atomic mass is 9.72. The SMILES string of the molecule is C=C(F)C(=O)N1CC2(CCN(c3nc(N4CC5(CN(CCOC)C5)C4)nc4c(OCC(F)(F)F)c(-c5c(C)ccc6[nH]ncc56)c(C5CC5)cc34)CC2)C1. The van der Waals surface area contributed by atoms with E-state index in [9.17, 15) is 22.4 Å². The third kappa shape index (κ3) is 6.12. The van der Waals surface area contributed by atoms with E-state index in [1.807, 2.05) is 19.1 Å². The van der Waals surface area contributed by atoms with E-state index < -0.39 is 24.5 Å². The number of aryl methyl sites for hydroxylation is 1. The fourth-order valence-electron chi connectivity index (χ4n) is 9.31. The number of nitrogens with one attached hydrogen (secondary N) is 1. The number of rotatable bonds is 10. The van der Waals surface area contributed by atoms with E-state index in [4.69, 9.17) is 19.4 Å². The van der Waals surface area contributed by atoms with Gasteiger partial charge in [-0.05, 0) is 67.3 Å². The number of methoxy groups -OCH3 is 1. The molecular weight excluding hydrogens is 704 g/mol. The highest BCUT2D eigenvalue weighted by Crippen LogP contribution is 2.54. The number of halogens is 4. The molecule has 9 rings (SSSR count). The van der Waals surface area contributed by atoms with Gasteiger partial charge in [-0.25, -0.2) is 9.37 Å². The Labute approximate surface area is 310 Å². The summed E-state index contributed by atoms with van der Waals surface area (Å²) in [6.07, 6.45) is 0.483. The van der Waals surface area contributed by atoms with Crippen molar-refractivity contribution >= 4 is 39.5 Å². The Balaban J connectivity index is 1.15. The van der Waals surface area contributed by atoms with Crippen LogP contribution in [0.1, 0.15) is 42.7 Å². The number of fused-ring (bicyclic) bond motifs is 2. The van der Waals surface area contributed by atoms with Gasteiger partial charge in [0.25, 0.3) is 5.91 Å². The molecule has 11 nitrogen and oxygen atoms in total. The van der Waals surface area contributed by atoms with Crippen LogP contribution in [0, 0.1) is 17.8 Å². The number of aromatic nitrogens is 4. The Morgan fingerprint density at radius 2 is 1.74 bits per heavy atom. The highest BCUT2D eigenvalue weighted by atomic mass is 19.4. The lowest BCUT2D eigenvalue weighted by Crippen LogP contribution is -2.72. The molecule has 2 aromatic heterocycles. The van der Waals surface area contributed by atoms with Crippen LogP contribution in [-0.2, 0) is 9.53 Å². The quantitative estimate of drug-likeness (QED) is 0.155. The molecule has 5 aliphatic rings. The molecule has 2 spiro atoms. The topological polar surface area (TPSA) is 103 Å². The van der Waals surface area contributed by atoms with Crippen LogP contribution in [0.15, 0.2) is 36.8 Å². The second-order valence-corrected chi connectivity index (χ2v) is 16.3. The number of ether oxygens (including phenoxy) is 2. The molecule has 1 aliphatic carbocycles. The number of hydrogen-bond acceptors (Lipinski definition) is 9. The van der Waals surface area contributed by atoms with Gasteiger partial charge in [-0.2, -0.15) is 23.3 Å². The van der Waals surface area contributed by atoms with Crippen LogP contribution in [0.25, 0.3) is 32.9 Å². The van der Waals surface area contributed by atoms with Crippen LogP contribution < -0.4 is 14.5 Å². The molecule has 0 radical (unpaired) electrons. The number of piperidine rings is 1. The van der Waals surface area contributed by atoms with Crippen LogP contribution in [0.5, 0.6) is 5.75 Å². The van der Waals surface area contributed by atoms with Crippen molar-refractivity contribution in [1.82, 2.24) is 30.0 Å². The molecule has 1 amide bonds. The van der Waals surface area contributed by atoms with Gasteiger partial charge in [0, 0.05) is 93.2 Å². The first-order valence-corrected chi connectivity index (χ1v) is 18.7. The van der Waals surface area contributed by atoms with Crippen molar-refractivity contribution in [3.63, 3.8) is 0 Å². The third-order valence-electron chi connectivity index (χ3n) is 12.2. The first-order chi connectivity index (χ1) is 25.8. The molecular formula is C39H44F4N8O3. The maximum atomic E-state index is 14.1. The second-order valence-electron chi connectivity index (χ2n) is 16.3. The van der Waals surface area contributed by atoms with Crippen LogP contribution >= 0.6 is 0 Å². The maximum absolute atomic E-state index is 14.1. The minimum Gasteiger partial charge on any atom is -0.481 e. The minimum absolute atomic E-state index is 0.117. The monoisotopic (exact) mass is 748 g/mol. The predicted molar refractivity (Wildman–Crippen MR) is 197 cm³/mol. The molecule has 54 heavy (non-hydrogen) atoms. The van der Waals surface area contributed by atoms with Gasteiger partial charge in [-0.1, -0.05) is 12.6 Å². The average molecular weight is 749 g/mol.